The van der Waals surface area contributed by atoms with E-state index in [-0.39, 0.29) is 16.2 Å². The summed E-state index contributed by atoms with van der Waals surface area (Å²) in [5.41, 5.74) is -0.241. The van der Waals surface area contributed by atoms with Crippen molar-refractivity contribution >= 4 is 49.6 Å². The van der Waals surface area contributed by atoms with Crippen LogP contribution in [0.5, 0.6) is 0 Å². The number of benzene rings is 1. The van der Waals surface area contributed by atoms with Crippen molar-refractivity contribution in [1.29, 1.82) is 0 Å². The number of halogens is 1. The average Bonchev–Trinajstić information content (AvgIpc) is 2.87. The van der Waals surface area contributed by atoms with E-state index in [1.54, 1.807) is 24.3 Å². The maximum Gasteiger partial charge on any atom is 0.353 e. The second kappa shape index (κ2) is 5.36. The van der Waals surface area contributed by atoms with Crippen LogP contribution in [0, 0.1) is 3.57 Å². The summed E-state index contributed by atoms with van der Waals surface area (Å²) in [6.45, 7) is 0. The topological polar surface area (TPSA) is 89.3 Å². The Bertz CT molecular complexity index is 981. The Labute approximate surface area is 139 Å². The monoisotopic (exact) mass is 428 g/mol. The summed E-state index contributed by atoms with van der Waals surface area (Å²) in [5, 5.41) is 9.79. The van der Waals surface area contributed by atoms with Gasteiger partial charge >= 0.3 is 5.97 Å². The zero-order chi connectivity index (χ0) is 15.9. The number of carbonyl (C=O) groups is 1. The van der Waals surface area contributed by atoms with Crippen molar-refractivity contribution in [1.82, 2.24) is 8.96 Å². The number of carboxylic acids is 1. The third-order valence-corrected chi connectivity index (χ3v) is 5.37. The minimum absolute atomic E-state index is 0.00958. The number of hydrogen-bond acceptors (Lipinski definition) is 4. The molecule has 0 saturated heterocycles. The highest BCUT2D eigenvalue weighted by atomic mass is 127. The van der Waals surface area contributed by atoms with Crippen LogP contribution >= 0.6 is 22.6 Å². The minimum atomic E-state index is -4.04. The van der Waals surface area contributed by atoms with Gasteiger partial charge < -0.3 is 5.11 Å². The quantitative estimate of drug-likeness (QED) is 0.648. The molecule has 3 rings (SSSR count). The predicted molar refractivity (Wildman–Crippen MR) is 88.4 cm³/mol. The van der Waals surface area contributed by atoms with Crippen LogP contribution < -0.4 is 0 Å². The molecule has 0 bridgehead atoms. The summed E-state index contributed by atoms with van der Waals surface area (Å²) in [5.74, 6) is -1.33. The number of fused-ring (bicyclic) bond motifs is 1. The first kappa shape index (κ1) is 15.0. The van der Waals surface area contributed by atoms with Gasteiger partial charge in [-0.1, -0.05) is 18.2 Å². The Hall–Kier alpha value is -1.94. The number of aromatic carboxylic acids is 1. The van der Waals surface area contributed by atoms with Crippen LogP contribution in [-0.4, -0.2) is 28.5 Å². The predicted octanol–water partition coefficient (Wildman–Crippen LogP) is 2.58. The van der Waals surface area contributed by atoms with Crippen molar-refractivity contribution in [2.75, 3.05) is 0 Å². The molecule has 0 amide bonds. The average molecular weight is 428 g/mol. The van der Waals surface area contributed by atoms with Crippen molar-refractivity contribution in [3.8, 4) is 0 Å². The molecule has 0 saturated carbocycles. The number of carboxylic acid groups (broad SMARTS) is 1. The molecule has 1 N–H and O–H groups in total. The van der Waals surface area contributed by atoms with E-state index in [4.69, 9.17) is 0 Å². The summed E-state index contributed by atoms with van der Waals surface area (Å²) in [6.07, 6.45) is 1.49. The molecule has 0 fully saturated rings. The largest absolute Gasteiger partial charge is 0.477 e. The number of aromatic nitrogens is 2. The lowest BCUT2D eigenvalue weighted by Crippen LogP contribution is -2.18. The van der Waals surface area contributed by atoms with Crippen LogP contribution in [0.25, 0.3) is 11.0 Å². The highest BCUT2D eigenvalue weighted by Crippen LogP contribution is 2.25. The Morgan fingerprint density at radius 3 is 2.50 bits per heavy atom. The molecule has 112 valence electrons. The lowest BCUT2D eigenvalue weighted by molar-refractivity contribution is 0.0689. The van der Waals surface area contributed by atoms with Gasteiger partial charge in [0.25, 0.3) is 10.0 Å². The maximum atomic E-state index is 12.8. The molecule has 2 heterocycles. The molecule has 3 aromatic rings. The van der Waals surface area contributed by atoms with Crippen LogP contribution in [0.1, 0.15) is 10.5 Å². The lowest BCUT2D eigenvalue weighted by atomic mass is 10.3. The fraction of sp³-hybridized carbons (Fsp3) is 0. The van der Waals surface area contributed by atoms with Gasteiger partial charge in [0.05, 0.1) is 4.90 Å². The molecule has 22 heavy (non-hydrogen) atoms. The molecule has 0 aliphatic carbocycles. The van der Waals surface area contributed by atoms with Gasteiger partial charge in [-0.3, -0.25) is 0 Å². The van der Waals surface area contributed by atoms with Crippen LogP contribution in [0.3, 0.4) is 0 Å². The number of hydrogen-bond donors (Lipinski definition) is 1. The number of pyridine rings is 1. The highest BCUT2D eigenvalue weighted by Gasteiger charge is 2.26. The molecule has 0 unspecified atom stereocenters. The molecular formula is C14H9IN2O4S. The van der Waals surface area contributed by atoms with E-state index in [0.29, 0.717) is 5.39 Å². The molecular weight excluding hydrogens is 419 g/mol. The van der Waals surface area contributed by atoms with Gasteiger partial charge in [-0.2, -0.15) is 0 Å². The number of rotatable bonds is 3. The summed E-state index contributed by atoms with van der Waals surface area (Å²) >= 11 is 2.03. The summed E-state index contributed by atoms with van der Waals surface area (Å²) in [4.78, 5) is 15.5. The standard InChI is InChI=1S/C14H9IN2O4S/c15-10-6-9-7-12(14(18)19)17(13(9)16-8-10)22(20,21)11-4-2-1-3-5-11/h1-8H,(H,18,19). The van der Waals surface area contributed by atoms with Crippen LogP contribution in [0.4, 0.5) is 0 Å². The van der Waals surface area contributed by atoms with Gasteiger partial charge in [-0.05, 0) is 46.9 Å². The van der Waals surface area contributed by atoms with Crippen molar-refractivity contribution in [2.24, 2.45) is 0 Å². The molecule has 2 aromatic heterocycles. The maximum absolute atomic E-state index is 12.8. The van der Waals surface area contributed by atoms with E-state index in [0.717, 1.165) is 7.54 Å². The van der Waals surface area contributed by atoms with Gasteiger partial charge in [0, 0.05) is 15.2 Å². The Kier molecular flexibility index (Phi) is 3.65. The molecule has 0 atom stereocenters. The summed E-state index contributed by atoms with van der Waals surface area (Å²) < 4.78 is 27.1. The third kappa shape index (κ3) is 2.37. The van der Waals surface area contributed by atoms with E-state index in [1.807, 2.05) is 22.6 Å². The van der Waals surface area contributed by atoms with Crippen molar-refractivity contribution in [2.45, 2.75) is 4.90 Å². The zero-order valence-corrected chi connectivity index (χ0v) is 13.9. The second-order valence-corrected chi connectivity index (χ2v) is 7.52. The summed E-state index contributed by atoms with van der Waals surface area (Å²) in [6, 6.07) is 10.7. The first-order chi connectivity index (χ1) is 10.4. The second-order valence-electron chi connectivity index (χ2n) is 4.48. The van der Waals surface area contributed by atoms with E-state index < -0.39 is 16.0 Å². The highest BCUT2D eigenvalue weighted by molar-refractivity contribution is 14.1. The van der Waals surface area contributed by atoms with Crippen LogP contribution in [-0.2, 0) is 10.0 Å². The van der Waals surface area contributed by atoms with Gasteiger partial charge in [-0.25, -0.2) is 22.2 Å². The van der Waals surface area contributed by atoms with E-state index in [2.05, 4.69) is 4.98 Å². The first-order valence-corrected chi connectivity index (χ1v) is 8.64. The van der Waals surface area contributed by atoms with Gasteiger partial charge in [0.1, 0.15) is 5.69 Å². The van der Waals surface area contributed by atoms with Crippen molar-refractivity contribution in [3.63, 3.8) is 0 Å². The third-order valence-electron chi connectivity index (χ3n) is 3.07. The molecule has 0 spiro atoms. The molecule has 0 aliphatic heterocycles. The van der Waals surface area contributed by atoms with E-state index >= 15 is 0 Å². The van der Waals surface area contributed by atoms with Gasteiger partial charge in [0.2, 0.25) is 0 Å². The molecule has 6 nitrogen and oxygen atoms in total. The Morgan fingerprint density at radius 2 is 1.86 bits per heavy atom. The zero-order valence-electron chi connectivity index (χ0n) is 11.0. The molecule has 8 heteroatoms. The lowest BCUT2D eigenvalue weighted by Gasteiger charge is -2.09. The Balaban J connectivity index is 2.39. The van der Waals surface area contributed by atoms with Crippen molar-refractivity contribution in [3.05, 3.63) is 57.9 Å². The normalized spacial score (nSPS) is 11.7. The molecule has 0 radical (unpaired) electrons. The minimum Gasteiger partial charge on any atom is -0.477 e. The van der Waals surface area contributed by atoms with E-state index in [1.165, 1.54) is 24.4 Å². The first-order valence-electron chi connectivity index (χ1n) is 6.12. The van der Waals surface area contributed by atoms with Crippen LogP contribution in [0.15, 0.2) is 53.6 Å². The number of nitrogens with zero attached hydrogens (tertiary/aromatic N) is 2. The van der Waals surface area contributed by atoms with Gasteiger partial charge in [-0.15, -0.1) is 0 Å². The fourth-order valence-electron chi connectivity index (χ4n) is 2.13. The SMILES string of the molecule is O=C(O)c1cc2cc(I)cnc2n1S(=O)(=O)c1ccccc1. The van der Waals surface area contributed by atoms with Crippen molar-refractivity contribution < 1.29 is 18.3 Å². The fourth-order valence-corrected chi connectivity index (χ4v) is 4.09. The van der Waals surface area contributed by atoms with Crippen LogP contribution in [0.2, 0.25) is 0 Å². The smallest absolute Gasteiger partial charge is 0.353 e. The molecule has 1 aromatic carbocycles. The Morgan fingerprint density at radius 1 is 1.18 bits per heavy atom. The van der Waals surface area contributed by atoms with Gasteiger partial charge in [0.15, 0.2) is 5.65 Å². The summed E-state index contributed by atoms with van der Waals surface area (Å²) in [7, 11) is -4.04. The van der Waals surface area contributed by atoms with E-state index in [9.17, 15) is 18.3 Å². The molecule has 0 aliphatic rings.